The molecule has 1 heterocycles. The highest BCUT2D eigenvalue weighted by atomic mass is 32.2. The van der Waals surface area contributed by atoms with Gasteiger partial charge in [0.2, 0.25) is 21.8 Å². The number of amides is 2. The van der Waals surface area contributed by atoms with E-state index in [1.165, 1.54) is 10.6 Å². The summed E-state index contributed by atoms with van der Waals surface area (Å²) in [7, 11) is -3.18. The van der Waals surface area contributed by atoms with Crippen molar-refractivity contribution >= 4 is 21.8 Å². The summed E-state index contributed by atoms with van der Waals surface area (Å²) in [6.45, 7) is 4.67. The molecule has 1 saturated heterocycles. The molecule has 1 atom stereocenters. The number of nitrogens with one attached hydrogen (secondary N) is 2. The van der Waals surface area contributed by atoms with Gasteiger partial charge in [-0.3, -0.25) is 9.59 Å². The standard InChI is InChI=1S/C12H23N3O4S/c1-4-13-11(16)9(2)14-12(17)10-5-7-15(8-6-10)20(3,18)19/h9-10H,4-8H2,1-3H3,(H,13,16)(H,14,17). The summed E-state index contributed by atoms with van der Waals surface area (Å²) < 4.78 is 24.1. The second kappa shape index (κ2) is 7.03. The van der Waals surface area contributed by atoms with Crippen molar-refractivity contribution in [2.75, 3.05) is 25.9 Å². The van der Waals surface area contributed by atoms with Gasteiger partial charge in [0.25, 0.3) is 0 Å². The van der Waals surface area contributed by atoms with Gasteiger partial charge in [0.15, 0.2) is 0 Å². The van der Waals surface area contributed by atoms with Crippen molar-refractivity contribution in [3.8, 4) is 0 Å². The van der Waals surface area contributed by atoms with Gasteiger partial charge >= 0.3 is 0 Å². The molecule has 7 nitrogen and oxygen atoms in total. The molecule has 1 rings (SSSR count). The SMILES string of the molecule is CCNC(=O)C(C)NC(=O)C1CCN(S(C)(=O)=O)CC1. The highest BCUT2D eigenvalue weighted by Crippen LogP contribution is 2.19. The number of sulfonamides is 1. The van der Waals surface area contributed by atoms with Gasteiger partial charge in [-0.25, -0.2) is 12.7 Å². The van der Waals surface area contributed by atoms with Crippen LogP contribution in [-0.2, 0) is 19.6 Å². The lowest BCUT2D eigenvalue weighted by atomic mass is 9.97. The quantitative estimate of drug-likeness (QED) is 0.702. The van der Waals surface area contributed by atoms with Gasteiger partial charge in [-0.15, -0.1) is 0 Å². The first-order valence-electron chi connectivity index (χ1n) is 6.79. The predicted molar refractivity (Wildman–Crippen MR) is 75.4 cm³/mol. The Balaban J connectivity index is 2.45. The average molecular weight is 305 g/mol. The summed E-state index contributed by atoms with van der Waals surface area (Å²) in [5.41, 5.74) is 0. The average Bonchev–Trinajstić information content (AvgIpc) is 2.38. The maximum absolute atomic E-state index is 12.0. The van der Waals surface area contributed by atoms with Crippen molar-refractivity contribution in [1.82, 2.24) is 14.9 Å². The van der Waals surface area contributed by atoms with E-state index in [2.05, 4.69) is 10.6 Å². The van der Waals surface area contributed by atoms with E-state index >= 15 is 0 Å². The largest absolute Gasteiger partial charge is 0.355 e. The fraction of sp³-hybridized carbons (Fsp3) is 0.833. The van der Waals surface area contributed by atoms with Crippen molar-refractivity contribution in [3.63, 3.8) is 0 Å². The smallest absolute Gasteiger partial charge is 0.242 e. The third kappa shape index (κ3) is 4.75. The molecule has 0 radical (unpaired) electrons. The van der Waals surface area contributed by atoms with Crippen LogP contribution in [0.1, 0.15) is 26.7 Å². The molecule has 1 fully saturated rings. The van der Waals surface area contributed by atoms with Crippen LogP contribution in [0.15, 0.2) is 0 Å². The normalized spacial score (nSPS) is 19.4. The van der Waals surface area contributed by atoms with Crippen molar-refractivity contribution in [2.45, 2.75) is 32.7 Å². The molecule has 0 aromatic heterocycles. The second-order valence-corrected chi connectivity index (χ2v) is 7.04. The van der Waals surface area contributed by atoms with Crippen LogP contribution in [-0.4, -0.2) is 56.5 Å². The van der Waals surface area contributed by atoms with Crippen molar-refractivity contribution in [2.24, 2.45) is 5.92 Å². The van der Waals surface area contributed by atoms with E-state index < -0.39 is 16.1 Å². The number of nitrogens with zero attached hydrogens (tertiary/aromatic N) is 1. The number of piperidine rings is 1. The number of rotatable bonds is 5. The molecule has 0 aromatic rings. The van der Waals surface area contributed by atoms with Gasteiger partial charge in [0.05, 0.1) is 6.26 Å². The van der Waals surface area contributed by atoms with E-state index in [-0.39, 0.29) is 17.7 Å². The van der Waals surface area contributed by atoms with Gasteiger partial charge in [0, 0.05) is 25.6 Å². The molecule has 2 amide bonds. The lowest BCUT2D eigenvalue weighted by Crippen LogP contribution is -2.49. The molecular formula is C12H23N3O4S. The Morgan fingerprint density at radius 2 is 1.85 bits per heavy atom. The van der Waals surface area contributed by atoms with Gasteiger partial charge < -0.3 is 10.6 Å². The minimum absolute atomic E-state index is 0.183. The molecular weight excluding hydrogens is 282 g/mol. The fourth-order valence-corrected chi connectivity index (χ4v) is 3.05. The minimum atomic E-state index is -3.18. The van der Waals surface area contributed by atoms with Crippen LogP contribution < -0.4 is 10.6 Å². The third-order valence-corrected chi connectivity index (χ3v) is 4.70. The number of hydrogen-bond donors (Lipinski definition) is 2. The van der Waals surface area contributed by atoms with Crippen molar-refractivity contribution < 1.29 is 18.0 Å². The van der Waals surface area contributed by atoms with Crippen LogP contribution in [0.2, 0.25) is 0 Å². The molecule has 1 aliphatic heterocycles. The Hall–Kier alpha value is -1.15. The Kier molecular flexibility index (Phi) is 5.94. The zero-order chi connectivity index (χ0) is 15.3. The first-order chi connectivity index (χ1) is 9.25. The van der Waals surface area contributed by atoms with E-state index in [4.69, 9.17) is 0 Å². The molecule has 1 unspecified atom stereocenters. The molecule has 0 bridgehead atoms. The Morgan fingerprint density at radius 1 is 1.30 bits per heavy atom. The topological polar surface area (TPSA) is 95.6 Å². The third-order valence-electron chi connectivity index (χ3n) is 3.40. The molecule has 20 heavy (non-hydrogen) atoms. The lowest BCUT2D eigenvalue weighted by Gasteiger charge is -2.30. The summed E-state index contributed by atoms with van der Waals surface area (Å²) in [5, 5.41) is 5.31. The number of likely N-dealkylation sites (N-methyl/N-ethyl adjacent to an activating group) is 1. The van der Waals surface area contributed by atoms with Gasteiger partial charge in [-0.2, -0.15) is 0 Å². The summed E-state index contributed by atoms with van der Waals surface area (Å²) in [6.07, 6.45) is 2.15. The second-order valence-electron chi connectivity index (χ2n) is 5.06. The first-order valence-corrected chi connectivity index (χ1v) is 8.63. The molecule has 8 heteroatoms. The summed E-state index contributed by atoms with van der Waals surface area (Å²) in [5.74, 6) is -0.629. The summed E-state index contributed by atoms with van der Waals surface area (Å²) in [4.78, 5) is 23.5. The Morgan fingerprint density at radius 3 is 2.30 bits per heavy atom. The minimum Gasteiger partial charge on any atom is -0.355 e. The Bertz CT molecular complexity index is 455. The monoisotopic (exact) mass is 305 g/mol. The predicted octanol–water partition coefficient (Wildman–Crippen LogP) is -0.701. The number of carbonyl (C=O) groups excluding carboxylic acids is 2. The highest BCUT2D eigenvalue weighted by molar-refractivity contribution is 7.88. The Labute approximate surface area is 120 Å². The summed E-state index contributed by atoms with van der Waals surface area (Å²) in [6, 6.07) is -0.574. The molecule has 0 spiro atoms. The molecule has 1 aliphatic rings. The molecule has 0 saturated carbocycles. The van der Waals surface area contributed by atoms with E-state index in [1.54, 1.807) is 6.92 Å². The molecule has 0 aromatic carbocycles. The first kappa shape index (κ1) is 16.9. The van der Waals surface area contributed by atoms with E-state index in [0.29, 0.717) is 32.5 Å². The zero-order valence-corrected chi connectivity index (χ0v) is 13.0. The summed E-state index contributed by atoms with van der Waals surface area (Å²) >= 11 is 0. The van der Waals surface area contributed by atoms with Crippen LogP contribution in [0.3, 0.4) is 0 Å². The van der Waals surface area contributed by atoms with E-state index in [0.717, 1.165) is 0 Å². The van der Waals surface area contributed by atoms with Gasteiger partial charge in [0.1, 0.15) is 6.04 Å². The molecule has 116 valence electrons. The van der Waals surface area contributed by atoms with Crippen molar-refractivity contribution in [1.29, 1.82) is 0 Å². The van der Waals surface area contributed by atoms with E-state index in [9.17, 15) is 18.0 Å². The van der Waals surface area contributed by atoms with Gasteiger partial charge in [-0.05, 0) is 26.7 Å². The number of carbonyl (C=O) groups is 2. The number of hydrogen-bond acceptors (Lipinski definition) is 4. The molecule has 2 N–H and O–H groups in total. The highest BCUT2D eigenvalue weighted by Gasteiger charge is 2.30. The van der Waals surface area contributed by atoms with E-state index in [1.807, 2.05) is 6.92 Å². The van der Waals surface area contributed by atoms with Crippen LogP contribution in [0.25, 0.3) is 0 Å². The molecule has 0 aliphatic carbocycles. The zero-order valence-electron chi connectivity index (χ0n) is 12.2. The van der Waals surface area contributed by atoms with Crippen LogP contribution in [0.4, 0.5) is 0 Å². The maximum atomic E-state index is 12.0. The van der Waals surface area contributed by atoms with Gasteiger partial charge in [-0.1, -0.05) is 0 Å². The van der Waals surface area contributed by atoms with Crippen molar-refractivity contribution in [3.05, 3.63) is 0 Å². The van der Waals surface area contributed by atoms with Crippen LogP contribution >= 0.6 is 0 Å². The maximum Gasteiger partial charge on any atom is 0.242 e. The fourth-order valence-electron chi connectivity index (χ4n) is 2.17. The van der Waals surface area contributed by atoms with Crippen LogP contribution in [0, 0.1) is 5.92 Å². The van der Waals surface area contributed by atoms with Crippen LogP contribution in [0.5, 0.6) is 0 Å². The lowest BCUT2D eigenvalue weighted by molar-refractivity contribution is -0.131.